The number of benzene rings is 2. The second kappa shape index (κ2) is 6.17. The molecule has 1 amide bonds. The molecule has 0 saturated heterocycles. The average molecular weight is 363 g/mol. The number of imidazole rings is 1. The summed E-state index contributed by atoms with van der Waals surface area (Å²) in [7, 11) is 0. The van der Waals surface area contributed by atoms with Crippen LogP contribution in [-0.2, 0) is 0 Å². The maximum absolute atomic E-state index is 13.3. The second-order valence-corrected chi connectivity index (χ2v) is 6.02. The van der Waals surface area contributed by atoms with E-state index in [0.29, 0.717) is 11.3 Å². The molecule has 0 unspecified atom stereocenters. The number of aromatic amines is 1. The van der Waals surface area contributed by atoms with Crippen LogP contribution in [0.5, 0.6) is 0 Å². The van der Waals surface area contributed by atoms with E-state index in [1.54, 1.807) is 0 Å². The fraction of sp³-hybridized carbons (Fsp3) is 0.0526. The fourth-order valence-corrected chi connectivity index (χ4v) is 2.94. The van der Waals surface area contributed by atoms with Crippen LogP contribution >= 0.6 is 0 Å². The molecule has 0 radical (unpaired) electrons. The normalized spacial score (nSPS) is 11.0. The summed E-state index contributed by atoms with van der Waals surface area (Å²) in [6.07, 6.45) is 0. The first-order chi connectivity index (χ1) is 13.0. The van der Waals surface area contributed by atoms with E-state index in [1.807, 2.05) is 31.2 Å². The number of aromatic nitrogens is 4. The summed E-state index contributed by atoms with van der Waals surface area (Å²) in [5, 5.41) is 0. The van der Waals surface area contributed by atoms with Gasteiger partial charge in [-0.1, -0.05) is 24.3 Å². The number of H-pyrrole nitrogens is 1. The van der Waals surface area contributed by atoms with E-state index in [-0.39, 0.29) is 22.7 Å². The molecule has 8 heteroatoms. The number of aryl methyl sites for hydroxylation is 1. The van der Waals surface area contributed by atoms with Crippen LogP contribution in [0, 0.1) is 12.7 Å². The summed E-state index contributed by atoms with van der Waals surface area (Å²) in [6.45, 7) is 1.89. The van der Waals surface area contributed by atoms with Gasteiger partial charge in [0, 0.05) is 5.56 Å². The highest BCUT2D eigenvalue weighted by molar-refractivity contribution is 6.02. The molecule has 2 aromatic heterocycles. The highest BCUT2D eigenvalue weighted by Crippen LogP contribution is 2.24. The zero-order valence-electron chi connectivity index (χ0n) is 14.2. The number of carbonyl (C=O) groups excluding carboxylic acids is 1. The zero-order valence-corrected chi connectivity index (χ0v) is 14.2. The maximum Gasteiger partial charge on any atom is 0.332 e. The first-order valence-corrected chi connectivity index (χ1v) is 8.10. The van der Waals surface area contributed by atoms with Crippen LogP contribution in [0.15, 0.2) is 53.3 Å². The van der Waals surface area contributed by atoms with Crippen LogP contribution in [0.2, 0.25) is 0 Å². The molecule has 2 heterocycles. The van der Waals surface area contributed by atoms with E-state index in [4.69, 9.17) is 5.73 Å². The van der Waals surface area contributed by atoms with Crippen molar-refractivity contribution >= 4 is 17.1 Å². The Balaban J connectivity index is 2.08. The van der Waals surface area contributed by atoms with Crippen molar-refractivity contribution in [1.82, 2.24) is 19.5 Å². The summed E-state index contributed by atoms with van der Waals surface area (Å²) in [5.41, 5.74) is 7.19. The Morgan fingerprint density at radius 3 is 2.48 bits per heavy atom. The van der Waals surface area contributed by atoms with E-state index < -0.39 is 17.4 Å². The molecule has 0 aliphatic heterocycles. The Labute approximate surface area is 152 Å². The lowest BCUT2D eigenvalue weighted by atomic mass is 10.1. The van der Waals surface area contributed by atoms with Crippen molar-refractivity contribution < 1.29 is 9.18 Å². The predicted molar refractivity (Wildman–Crippen MR) is 98.1 cm³/mol. The summed E-state index contributed by atoms with van der Waals surface area (Å²) < 4.78 is 14.5. The third-order valence-corrected chi connectivity index (χ3v) is 4.24. The quantitative estimate of drug-likeness (QED) is 0.582. The monoisotopic (exact) mass is 363 g/mol. The SMILES string of the molecule is Cc1ccccc1-c1nc(C(N)=O)c2[nH]c(=O)n(-c3ccc(F)cc3)c2n1. The van der Waals surface area contributed by atoms with Gasteiger partial charge in [-0.05, 0) is 36.8 Å². The summed E-state index contributed by atoms with van der Waals surface area (Å²) in [5.74, 6) is -0.950. The molecular formula is C19H14FN5O2. The Kier molecular flexibility index (Phi) is 3.80. The molecule has 134 valence electrons. The maximum atomic E-state index is 13.3. The Hall–Kier alpha value is -3.81. The topological polar surface area (TPSA) is 107 Å². The molecule has 2 aromatic carbocycles. The van der Waals surface area contributed by atoms with Gasteiger partial charge in [-0.15, -0.1) is 0 Å². The smallest absolute Gasteiger partial charge is 0.332 e. The number of hydrogen-bond donors (Lipinski definition) is 2. The molecule has 0 atom stereocenters. The van der Waals surface area contributed by atoms with Gasteiger partial charge in [-0.3, -0.25) is 4.79 Å². The number of amides is 1. The summed E-state index contributed by atoms with van der Waals surface area (Å²) in [4.78, 5) is 35.8. The van der Waals surface area contributed by atoms with Gasteiger partial charge >= 0.3 is 5.69 Å². The molecule has 0 spiro atoms. The number of nitrogens with zero attached hydrogens (tertiary/aromatic N) is 3. The third-order valence-electron chi connectivity index (χ3n) is 4.24. The number of fused-ring (bicyclic) bond motifs is 1. The molecule has 7 nitrogen and oxygen atoms in total. The van der Waals surface area contributed by atoms with Crippen LogP contribution in [0.3, 0.4) is 0 Å². The predicted octanol–water partition coefficient (Wildman–Crippen LogP) is 2.32. The Morgan fingerprint density at radius 1 is 1.11 bits per heavy atom. The minimum absolute atomic E-state index is 0.0868. The summed E-state index contributed by atoms with van der Waals surface area (Å²) >= 11 is 0. The molecule has 27 heavy (non-hydrogen) atoms. The molecule has 3 N–H and O–H groups in total. The van der Waals surface area contributed by atoms with Crippen molar-refractivity contribution in [2.75, 3.05) is 0 Å². The minimum atomic E-state index is -0.787. The number of primary amides is 1. The molecule has 0 saturated carbocycles. The van der Waals surface area contributed by atoms with Gasteiger partial charge in [0.15, 0.2) is 17.2 Å². The fourth-order valence-electron chi connectivity index (χ4n) is 2.94. The van der Waals surface area contributed by atoms with Crippen molar-refractivity contribution in [3.8, 4) is 17.1 Å². The molecule has 4 aromatic rings. The van der Waals surface area contributed by atoms with Gasteiger partial charge in [-0.25, -0.2) is 23.7 Å². The van der Waals surface area contributed by atoms with Crippen molar-refractivity contribution in [2.45, 2.75) is 6.92 Å². The van der Waals surface area contributed by atoms with Gasteiger partial charge in [0.1, 0.15) is 11.3 Å². The first kappa shape index (κ1) is 16.6. The number of halogens is 1. The Bertz CT molecular complexity index is 1240. The highest BCUT2D eigenvalue weighted by atomic mass is 19.1. The van der Waals surface area contributed by atoms with Crippen molar-refractivity contribution in [1.29, 1.82) is 0 Å². The summed E-state index contributed by atoms with van der Waals surface area (Å²) in [6, 6.07) is 12.8. The van der Waals surface area contributed by atoms with E-state index >= 15 is 0 Å². The second-order valence-electron chi connectivity index (χ2n) is 6.02. The average Bonchev–Trinajstić information content (AvgIpc) is 2.97. The van der Waals surface area contributed by atoms with Crippen LogP contribution in [0.1, 0.15) is 16.1 Å². The van der Waals surface area contributed by atoms with Gasteiger partial charge in [0.05, 0.1) is 5.69 Å². The Morgan fingerprint density at radius 2 is 1.81 bits per heavy atom. The first-order valence-electron chi connectivity index (χ1n) is 8.10. The molecule has 0 bridgehead atoms. The van der Waals surface area contributed by atoms with Crippen LogP contribution in [-0.4, -0.2) is 25.4 Å². The van der Waals surface area contributed by atoms with Crippen LogP contribution in [0.25, 0.3) is 28.2 Å². The van der Waals surface area contributed by atoms with Crippen LogP contribution in [0.4, 0.5) is 4.39 Å². The largest absolute Gasteiger partial charge is 0.364 e. The van der Waals surface area contributed by atoms with E-state index in [1.165, 1.54) is 28.8 Å². The molecule has 0 aliphatic rings. The number of nitrogens with two attached hydrogens (primary N) is 1. The number of hydrogen-bond acceptors (Lipinski definition) is 4. The van der Waals surface area contributed by atoms with E-state index in [0.717, 1.165) is 5.56 Å². The third kappa shape index (κ3) is 2.77. The number of rotatable bonds is 3. The lowest BCUT2D eigenvalue weighted by Crippen LogP contribution is -2.15. The molecule has 4 rings (SSSR count). The molecular weight excluding hydrogens is 349 g/mol. The van der Waals surface area contributed by atoms with Crippen molar-refractivity contribution in [3.63, 3.8) is 0 Å². The number of nitrogens with one attached hydrogen (secondary N) is 1. The lowest BCUT2D eigenvalue weighted by molar-refractivity contribution is 0.0997. The van der Waals surface area contributed by atoms with Crippen LogP contribution < -0.4 is 11.4 Å². The number of carbonyl (C=O) groups is 1. The zero-order chi connectivity index (χ0) is 19.1. The van der Waals surface area contributed by atoms with Gasteiger partial charge in [0.2, 0.25) is 0 Å². The van der Waals surface area contributed by atoms with Gasteiger partial charge in [0.25, 0.3) is 5.91 Å². The minimum Gasteiger partial charge on any atom is -0.364 e. The van der Waals surface area contributed by atoms with Gasteiger partial charge < -0.3 is 10.7 Å². The molecule has 0 aliphatic carbocycles. The highest BCUT2D eigenvalue weighted by Gasteiger charge is 2.20. The van der Waals surface area contributed by atoms with Crippen molar-refractivity contribution in [2.24, 2.45) is 5.73 Å². The standard InChI is InChI=1S/C19H14FN5O2/c1-10-4-2-3-5-13(10)17-22-14(16(21)26)15-18(24-17)25(19(27)23-15)12-8-6-11(20)7-9-12/h2-9H,1H3,(H2,21,26)(H,23,27). The van der Waals surface area contributed by atoms with Gasteiger partial charge in [-0.2, -0.15) is 0 Å². The molecule has 0 fully saturated rings. The van der Waals surface area contributed by atoms with E-state index in [2.05, 4.69) is 15.0 Å². The van der Waals surface area contributed by atoms with E-state index in [9.17, 15) is 14.0 Å². The lowest BCUT2D eigenvalue weighted by Gasteiger charge is -2.08. The van der Waals surface area contributed by atoms with Crippen molar-refractivity contribution in [3.05, 3.63) is 76.1 Å².